The molecule has 78 valence electrons. The first kappa shape index (κ1) is 10.8. The molecule has 1 aromatic carbocycles. The van der Waals surface area contributed by atoms with Crippen LogP contribution in [0.4, 0.5) is 0 Å². The Hall–Kier alpha value is -1.26. The Balaban J connectivity index is 3.13. The Morgan fingerprint density at radius 2 is 2.00 bits per heavy atom. The maximum Gasteiger partial charge on any atom is 0.126 e. The Kier molecular flexibility index (Phi) is 3.73. The minimum Gasteiger partial charge on any atom is -0.497 e. The van der Waals surface area contributed by atoms with E-state index in [0.29, 0.717) is 6.54 Å². The lowest BCUT2D eigenvalue weighted by molar-refractivity contribution is 0.160. The number of nitrogens with one attached hydrogen (secondary N) is 1. The highest BCUT2D eigenvalue weighted by molar-refractivity contribution is 5.46. The molecule has 4 heteroatoms. The standard InChI is InChI=1S/C10H15NO3/c1-7-4-9(13-2)5-8(6-11-12)10(7)14-3/h4-5,11-12H,6H2,1-3H3. The maximum atomic E-state index is 8.65. The van der Waals surface area contributed by atoms with Gasteiger partial charge in [-0.3, -0.25) is 0 Å². The lowest BCUT2D eigenvalue weighted by atomic mass is 10.1. The largest absolute Gasteiger partial charge is 0.497 e. The molecule has 0 aliphatic rings. The molecule has 14 heavy (non-hydrogen) atoms. The summed E-state index contributed by atoms with van der Waals surface area (Å²) in [4.78, 5) is 0. The monoisotopic (exact) mass is 197 g/mol. The van der Waals surface area contributed by atoms with Crippen LogP contribution in [0.15, 0.2) is 12.1 Å². The molecule has 1 rings (SSSR count). The summed E-state index contributed by atoms with van der Waals surface area (Å²) in [5.41, 5.74) is 3.95. The Bertz CT molecular complexity index is 312. The van der Waals surface area contributed by atoms with Crippen LogP contribution in [-0.4, -0.2) is 19.4 Å². The molecule has 0 amide bonds. The molecule has 0 saturated heterocycles. The van der Waals surface area contributed by atoms with Crippen LogP contribution in [0.1, 0.15) is 11.1 Å². The first-order valence-corrected chi connectivity index (χ1v) is 4.31. The number of hydroxylamine groups is 1. The summed E-state index contributed by atoms with van der Waals surface area (Å²) >= 11 is 0. The van der Waals surface area contributed by atoms with Gasteiger partial charge in [0.25, 0.3) is 0 Å². The predicted molar refractivity (Wildman–Crippen MR) is 52.9 cm³/mol. The van der Waals surface area contributed by atoms with Crippen LogP contribution in [0.3, 0.4) is 0 Å². The van der Waals surface area contributed by atoms with Gasteiger partial charge in [-0.25, -0.2) is 5.48 Å². The summed E-state index contributed by atoms with van der Waals surface area (Å²) in [6.45, 7) is 2.27. The van der Waals surface area contributed by atoms with Gasteiger partial charge >= 0.3 is 0 Å². The van der Waals surface area contributed by atoms with E-state index >= 15 is 0 Å². The van der Waals surface area contributed by atoms with Crippen molar-refractivity contribution >= 4 is 0 Å². The van der Waals surface area contributed by atoms with Crippen LogP contribution < -0.4 is 15.0 Å². The van der Waals surface area contributed by atoms with Gasteiger partial charge in [0.2, 0.25) is 0 Å². The van der Waals surface area contributed by atoms with Crippen molar-refractivity contribution in [1.29, 1.82) is 0 Å². The summed E-state index contributed by atoms with van der Waals surface area (Å²) in [7, 11) is 3.22. The summed E-state index contributed by atoms with van der Waals surface area (Å²) in [6, 6.07) is 3.72. The van der Waals surface area contributed by atoms with E-state index < -0.39 is 0 Å². The maximum absolute atomic E-state index is 8.65. The van der Waals surface area contributed by atoms with Crippen LogP contribution in [0.2, 0.25) is 0 Å². The van der Waals surface area contributed by atoms with Crippen molar-refractivity contribution in [1.82, 2.24) is 5.48 Å². The minimum absolute atomic E-state index is 0.335. The fourth-order valence-corrected chi connectivity index (χ4v) is 1.44. The molecule has 0 bridgehead atoms. The van der Waals surface area contributed by atoms with E-state index in [0.717, 1.165) is 22.6 Å². The van der Waals surface area contributed by atoms with E-state index in [4.69, 9.17) is 14.7 Å². The Morgan fingerprint density at radius 1 is 1.29 bits per heavy atom. The van der Waals surface area contributed by atoms with E-state index in [2.05, 4.69) is 5.48 Å². The van der Waals surface area contributed by atoms with E-state index in [1.807, 2.05) is 19.1 Å². The molecule has 0 radical (unpaired) electrons. The van der Waals surface area contributed by atoms with Crippen LogP contribution >= 0.6 is 0 Å². The fraction of sp³-hybridized carbons (Fsp3) is 0.400. The third kappa shape index (κ3) is 2.16. The molecule has 2 N–H and O–H groups in total. The number of rotatable bonds is 4. The number of hydrogen-bond acceptors (Lipinski definition) is 4. The van der Waals surface area contributed by atoms with Gasteiger partial charge in [0, 0.05) is 12.1 Å². The molecule has 0 fully saturated rings. The normalized spacial score (nSPS) is 10.0. The average Bonchev–Trinajstić information content (AvgIpc) is 2.18. The molecule has 0 aromatic heterocycles. The molecular formula is C10H15NO3. The first-order chi connectivity index (χ1) is 6.72. The van der Waals surface area contributed by atoms with Gasteiger partial charge in [-0.2, -0.15) is 0 Å². The topological polar surface area (TPSA) is 50.7 Å². The molecule has 0 saturated carbocycles. The Morgan fingerprint density at radius 3 is 2.50 bits per heavy atom. The zero-order chi connectivity index (χ0) is 10.6. The fourth-order valence-electron chi connectivity index (χ4n) is 1.44. The molecule has 0 aliphatic carbocycles. The number of hydrogen-bond donors (Lipinski definition) is 2. The number of ether oxygens (including phenoxy) is 2. The summed E-state index contributed by atoms with van der Waals surface area (Å²) in [5, 5.41) is 8.65. The highest BCUT2D eigenvalue weighted by atomic mass is 16.5. The van der Waals surface area contributed by atoms with Gasteiger partial charge in [-0.15, -0.1) is 0 Å². The van der Waals surface area contributed by atoms with Gasteiger partial charge in [0.05, 0.1) is 14.2 Å². The third-order valence-corrected chi connectivity index (χ3v) is 2.03. The highest BCUT2D eigenvalue weighted by Crippen LogP contribution is 2.28. The zero-order valence-corrected chi connectivity index (χ0v) is 8.63. The van der Waals surface area contributed by atoms with E-state index in [1.54, 1.807) is 14.2 Å². The van der Waals surface area contributed by atoms with E-state index in [-0.39, 0.29) is 0 Å². The molecule has 0 spiro atoms. The van der Waals surface area contributed by atoms with Gasteiger partial charge in [0.15, 0.2) is 0 Å². The van der Waals surface area contributed by atoms with Crippen LogP contribution in [0, 0.1) is 6.92 Å². The SMILES string of the molecule is COc1cc(C)c(OC)c(CNO)c1. The van der Waals surface area contributed by atoms with Crippen LogP contribution in [0.5, 0.6) is 11.5 Å². The minimum atomic E-state index is 0.335. The second-order valence-corrected chi connectivity index (χ2v) is 2.97. The van der Waals surface area contributed by atoms with Crippen LogP contribution in [-0.2, 0) is 6.54 Å². The lowest BCUT2D eigenvalue weighted by Crippen LogP contribution is -2.08. The van der Waals surface area contributed by atoms with Gasteiger partial charge in [-0.1, -0.05) is 0 Å². The van der Waals surface area contributed by atoms with Crippen molar-refractivity contribution in [3.63, 3.8) is 0 Å². The molecule has 4 nitrogen and oxygen atoms in total. The van der Waals surface area contributed by atoms with Crippen LogP contribution in [0.25, 0.3) is 0 Å². The van der Waals surface area contributed by atoms with Crippen molar-refractivity contribution in [3.05, 3.63) is 23.3 Å². The Labute approximate surface area is 83.4 Å². The number of methoxy groups -OCH3 is 2. The van der Waals surface area contributed by atoms with Crippen molar-refractivity contribution in [3.8, 4) is 11.5 Å². The van der Waals surface area contributed by atoms with Crippen molar-refractivity contribution in [2.75, 3.05) is 14.2 Å². The summed E-state index contributed by atoms with van der Waals surface area (Å²) in [5.74, 6) is 1.53. The van der Waals surface area contributed by atoms with Gasteiger partial charge < -0.3 is 14.7 Å². The molecule has 0 atom stereocenters. The molecule has 0 aliphatic heterocycles. The van der Waals surface area contributed by atoms with Crippen molar-refractivity contribution < 1.29 is 14.7 Å². The van der Waals surface area contributed by atoms with Gasteiger partial charge in [-0.05, 0) is 24.6 Å². The van der Waals surface area contributed by atoms with Gasteiger partial charge in [0.1, 0.15) is 11.5 Å². The summed E-state index contributed by atoms with van der Waals surface area (Å²) in [6.07, 6.45) is 0. The smallest absolute Gasteiger partial charge is 0.126 e. The highest BCUT2D eigenvalue weighted by Gasteiger charge is 2.08. The predicted octanol–water partition coefficient (Wildman–Crippen LogP) is 1.49. The van der Waals surface area contributed by atoms with E-state index in [1.165, 1.54) is 0 Å². The van der Waals surface area contributed by atoms with Crippen molar-refractivity contribution in [2.24, 2.45) is 0 Å². The molecular weight excluding hydrogens is 182 g/mol. The van der Waals surface area contributed by atoms with E-state index in [9.17, 15) is 0 Å². The molecule has 1 aromatic rings. The summed E-state index contributed by atoms with van der Waals surface area (Å²) < 4.78 is 10.3. The second-order valence-electron chi connectivity index (χ2n) is 2.97. The number of benzene rings is 1. The first-order valence-electron chi connectivity index (χ1n) is 4.31. The lowest BCUT2D eigenvalue weighted by Gasteiger charge is -2.12. The third-order valence-electron chi connectivity index (χ3n) is 2.03. The molecule has 0 unspecified atom stereocenters. The quantitative estimate of drug-likeness (QED) is 0.718. The second kappa shape index (κ2) is 4.83. The number of aryl methyl sites for hydroxylation is 1. The van der Waals surface area contributed by atoms with Crippen molar-refractivity contribution in [2.45, 2.75) is 13.5 Å². The molecule has 0 heterocycles. The zero-order valence-electron chi connectivity index (χ0n) is 8.63. The average molecular weight is 197 g/mol.